The first-order valence-electron chi connectivity index (χ1n) is 13.6. The van der Waals surface area contributed by atoms with Crippen molar-refractivity contribution in [2.24, 2.45) is 5.41 Å². The molecule has 10 nitrogen and oxygen atoms in total. The van der Waals surface area contributed by atoms with Crippen molar-refractivity contribution in [3.8, 4) is 5.75 Å². The Labute approximate surface area is 225 Å². The smallest absolute Gasteiger partial charge is 0.408 e. The number of carbonyl (C=O) groups is 3. The highest BCUT2D eigenvalue weighted by Gasteiger charge is 2.44. The van der Waals surface area contributed by atoms with Crippen molar-refractivity contribution in [3.05, 3.63) is 30.3 Å². The predicted octanol–water partition coefficient (Wildman–Crippen LogP) is 4.57. The van der Waals surface area contributed by atoms with Gasteiger partial charge in [-0.1, -0.05) is 52.3 Å². The van der Waals surface area contributed by atoms with Crippen molar-refractivity contribution in [2.45, 2.75) is 103 Å². The first kappa shape index (κ1) is 30.0. The van der Waals surface area contributed by atoms with Gasteiger partial charge in [0.05, 0.1) is 0 Å². The lowest BCUT2D eigenvalue weighted by Crippen LogP contribution is -2.58. The van der Waals surface area contributed by atoms with Crippen LogP contribution < -0.4 is 15.2 Å². The Morgan fingerprint density at radius 1 is 1.08 bits per heavy atom. The van der Waals surface area contributed by atoms with Crippen molar-refractivity contribution in [3.63, 3.8) is 0 Å². The number of rotatable bonds is 10. The molecule has 1 aliphatic heterocycles. The molecule has 1 saturated carbocycles. The highest BCUT2D eigenvalue weighted by atomic mass is 31.2. The van der Waals surface area contributed by atoms with E-state index in [2.05, 4.69) is 10.6 Å². The summed E-state index contributed by atoms with van der Waals surface area (Å²) in [6.45, 7) is 7.72. The summed E-state index contributed by atoms with van der Waals surface area (Å²) in [5.41, 5.74) is -0.634. The average molecular weight is 552 g/mol. The van der Waals surface area contributed by atoms with Gasteiger partial charge in [-0.05, 0) is 62.5 Å². The fourth-order valence-corrected chi connectivity index (χ4v) is 6.40. The molecule has 212 valence electrons. The quantitative estimate of drug-likeness (QED) is 0.363. The van der Waals surface area contributed by atoms with E-state index in [1.165, 1.54) is 4.90 Å². The van der Waals surface area contributed by atoms with Gasteiger partial charge in [0.25, 0.3) is 0 Å². The van der Waals surface area contributed by atoms with Gasteiger partial charge in [-0.15, -0.1) is 0 Å². The summed E-state index contributed by atoms with van der Waals surface area (Å²) in [6, 6.07) is 6.56. The summed E-state index contributed by atoms with van der Waals surface area (Å²) in [7, 11) is -4.27. The van der Waals surface area contributed by atoms with Gasteiger partial charge >= 0.3 is 13.7 Å². The minimum atomic E-state index is -4.27. The second kappa shape index (κ2) is 13.0. The summed E-state index contributed by atoms with van der Waals surface area (Å²) in [5.74, 6) is -1.79. The minimum absolute atomic E-state index is 0.140. The number of nitrogens with zero attached hydrogens (tertiary/aromatic N) is 1. The summed E-state index contributed by atoms with van der Waals surface area (Å²) in [6.07, 6.45) is 4.67. The molecule has 4 atom stereocenters. The number of hydrogen-bond donors (Lipinski definition) is 3. The van der Waals surface area contributed by atoms with Gasteiger partial charge in [0.1, 0.15) is 29.7 Å². The van der Waals surface area contributed by atoms with Crippen LogP contribution in [0, 0.1) is 5.41 Å². The molecule has 2 aliphatic rings. The van der Waals surface area contributed by atoms with Gasteiger partial charge in [0, 0.05) is 6.54 Å². The fraction of sp³-hybridized carbons (Fsp3) is 0.667. The molecule has 38 heavy (non-hydrogen) atoms. The van der Waals surface area contributed by atoms with Crippen LogP contribution in [-0.2, 0) is 18.9 Å². The Balaban J connectivity index is 1.70. The molecule has 11 heteroatoms. The number of benzene rings is 1. The van der Waals surface area contributed by atoms with Crippen LogP contribution in [0.3, 0.4) is 0 Å². The monoisotopic (exact) mass is 551 g/mol. The lowest BCUT2D eigenvalue weighted by Gasteiger charge is -2.35. The van der Waals surface area contributed by atoms with E-state index in [1.54, 1.807) is 30.3 Å². The largest absolute Gasteiger partial charge is 0.446 e. The summed E-state index contributed by atoms with van der Waals surface area (Å²) in [4.78, 5) is 51.8. The maximum atomic E-state index is 13.7. The Hall–Kier alpha value is -2.58. The molecular formula is C27H42N3O7P. The van der Waals surface area contributed by atoms with Crippen molar-refractivity contribution in [1.82, 2.24) is 15.5 Å². The molecule has 3 N–H and O–H groups in total. The Bertz CT molecular complexity index is 1010. The maximum Gasteiger partial charge on any atom is 0.408 e. The third kappa shape index (κ3) is 7.96. The third-order valence-corrected chi connectivity index (χ3v) is 8.68. The van der Waals surface area contributed by atoms with Crippen LogP contribution in [0.2, 0.25) is 0 Å². The lowest BCUT2D eigenvalue weighted by molar-refractivity contribution is -0.142. The molecule has 0 bridgehead atoms. The molecule has 1 saturated heterocycles. The first-order chi connectivity index (χ1) is 17.9. The van der Waals surface area contributed by atoms with Crippen LogP contribution in [-0.4, -0.2) is 58.2 Å². The van der Waals surface area contributed by atoms with Gasteiger partial charge in [0.15, 0.2) is 0 Å². The zero-order chi connectivity index (χ0) is 27.9. The molecule has 0 aromatic heterocycles. The second-order valence-electron chi connectivity index (χ2n) is 11.2. The van der Waals surface area contributed by atoms with Crippen LogP contribution in [0.15, 0.2) is 30.3 Å². The number of nitrogens with one attached hydrogen (secondary N) is 2. The van der Waals surface area contributed by atoms with Gasteiger partial charge < -0.3 is 29.7 Å². The molecule has 3 rings (SSSR count). The van der Waals surface area contributed by atoms with Crippen molar-refractivity contribution in [2.75, 3.05) is 6.54 Å². The normalized spacial score (nSPS) is 21.3. The number of para-hydroxylation sites is 1. The number of carbonyl (C=O) groups excluding carboxylic acids is 3. The number of hydrogen-bond acceptors (Lipinski definition) is 6. The zero-order valence-corrected chi connectivity index (χ0v) is 23.7. The van der Waals surface area contributed by atoms with E-state index in [1.807, 2.05) is 27.7 Å². The van der Waals surface area contributed by atoms with Gasteiger partial charge in [0.2, 0.25) is 11.8 Å². The number of alkyl carbamates (subject to hydrolysis) is 1. The molecule has 1 aliphatic carbocycles. The number of amides is 3. The molecule has 1 heterocycles. The van der Waals surface area contributed by atoms with Crippen molar-refractivity contribution in [1.29, 1.82) is 0 Å². The molecule has 2 fully saturated rings. The molecule has 3 amide bonds. The fourth-order valence-electron chi connectivity index (χ4n) is 4.97. The SMILES string of the molecule is CCCC(NC(=O)[C@@H]1CCCN1C(=O)[C@@H](NC(=O)OC1CCCC1)C(C)(C)C)P(=O)(O)Oc1ccccc1. The predicted molar refractivity (Wildman–Crippen MR) is 144 cm³/mol. The highest BCUT2D eigenvalue weighted by Crippen LogP contribution is 2.48. The van der Waals surface area contributed by atoms with E-state index >= 15 is 0 Å². The summed E-state index contributed by atoms with van der Waals surface area (Å²) in [5, 5.41) is 5.43. The highest BCUT2D eigenvalue weighted by molar-refractivity contribution is 7.54. The zero-order valence-electron chi connectivity index (χ0n) is 22.9. The van der Waals surface area contributed by atoms with Crippen molar-refractivity contribution < 1.29 is 33.1 Å². The van der Waals surface area contributed by atoms with E-state index < -0.39 is 42.9 Å². The summed E-state index contributed by atoms with van der Waals surface area (Å²) >= 11 is 0. The van der Waals surface area contributed by atoms with Crippen molar-refractivity contribution >= 4 is 25.5 Å². The van der Waals surface area contributed by atoms with Gasteiger partial charge in [-0.25, -0.2) is 9.36 Å². The standard InChI is InChI=1S/C27H42N3O7P/c1-5-12-22(38(34,35)37-20-15-7-6-8-16-20)28-24(31)21-17-11-18-30(21)25(32)23(27(2,3)4)29-26(33)36-19-13-9-10-14-19/h6-8,15-16,19,21-23H,5,9-14,17-18H2,1-4H3,(H,28,31)(H,29,33)(H,34,35)/t21-,22?,23+/m0/s1. The topological polar surface area (TPSA) is 134 Å². The van der Waals surface area contributed by atoms with Gasteiger partial charge in [-0.2, -0.15) is 0 Å². The van der Waals surface area contributed by atoms with Gasteiger partial charge in [-0.3, -0.25) is 9.59 Å². The minimum Gasteiger partial charge on any atom is -0.446 e. The Morgan fingerprint density at radius 3 is 2.34 bits per heavy atom. The van der Waals surface area contributed by atoms with Crippen LogP contribution in [0.4, 0.5) is 4.79 Å². The lowest BCUT2D eigenvalue weighted by atomic mass is 9.85. The van der Waals surface area contributed by atoms with Crippen LogP contribution in [0.25, 0.3) is 0 Å². The first-order valence-corrected chi connectivity index (χ1v) is 15.2. The van der Waals surface area contributed by atoms with E-state index in [9.17, 15) is 23.8 Å². The van der Waals surface area contributed by atoms with Crippen LogP contribution in [0.1, 0.15) is 79.1 Å². The molecule has 2 unspecified atom stereocenters. The van der Waals surface area contributed by atoms with Crippen LogP contribution in [0.5, 0.6) is 5.75 Å². The van der Waals surface area contributed by atoms with E-state index in [0.29, 0.717) is 25.8 Å². The van der Waals surface area contributed by atoms with Crippen LogP contribution >= 0.6 is 7.60 Å². The maximum absolute atomic E-state index is 13.7. The van der Waals surface area contributed by atoms with E-state index in [4.69, 9.17) is 9.26 Å². The molecule has 0 radical (unpaired) electrons. The Morgan fingerprint density at radius 2 is 1.74 bits per heavy atom. The van der Waals surface area contributed by atoms with E-state index in [-0.39, 0.29) is 24.2 Å². The van der Waals surface area contributed by atoms with E-state index in [0.717, 1.165) is 25.7 Å². The molecule has 0 spiro atoms. The molecule has 1 aromatic carbocycles. The molecule has 1 aromatic rings. The molecular weight excluding hydrogens is 509 g/mol. The third-order valence-electron chi connectivity index (χ3n) is 7.03. The average Bonchev–Trinajstić information content (AvgIpc) is 3.54. The second-order valence-corrected chi connectivity index (χ2v) is 13.2. The summed E-state index contributed by atoms with van der Waals surface area (Å²) < 4.78 is 24.0. The number of likely N-dealkylation sites (tertiary alicyclic amines) is 1. The number of ether oxygens (including phenoxy) is 1. The Kier molecular flexibility index (Phi) is 10.2.